The molecule has 1 aromatic heterocycles. The Morgan fingerprint density at radius 3 is 2.55 bits per heavy atom. The van der Waals surface area contributed by atoms with Crippen molar-refractivity contribution in [1.82, 2.24) is 15.2 Å². The second-order valence-electron chi connectivity index (χ2n) is 7.44. The fraction of sp³-hybridized carbons (Fsp3) is 0.364. The fourth-order valence-corrected chi connectivity index (χ4v) is 4.78. The van der Waals surface area contributed by atoms with Gasteiger partial charge in [0.2, 0.25) is 0 Å². The Morgan fingerprint density at radius 2 is 1.83 bits per heavy atom. The van der Waals surface area contributed by atoms with Crippen LogP contribution < -0.4 is 10.2 Å². The van der Waals surface area contributed by atoms with Gasteiger partial charge in [-0.1, -0.05) is 35.6 Å². The number of fused-ring (bicyclic) bond motifs is 1. The molecule has 1 saturated heterocycles. The van der Waals surface area contributed by atoms with Crippen molar-refractivity contribution in [3.8, 4) is 0 Å². The molecule has 152 valence electrons. The first-order chi connectivity index (χ1) is 14.0. The molecule has 1 amide bonds. The number of nitrogens with zero attached hydrogens (tertiary/aromatic N) is 3. The van der Waals surface area contributed by atoms with Crippen LogP contribution in [0.5, 0.6) is 0 Å². The molecular weight excluding hydrogens is 387 g/mol. The van der Waals surface area contributed by atoms with Crippen molar-refractivity contribution in [2.45, 2.75) is 13.8 Å². The van der Waals surface area contributed by atoms with E-state index in [9.17, 15) is 9.18 Å². The molecule has 4 rings (SSSR count). The summed E-state index contributed by atoms with van der Waals surface area (Å²) in [4.78, 5) is 21.6. The molecule has 2 heterocycles. The minimum absolute atomic E-state index is 0.0961. The summed E-state index contributed by atoms with van der Waals surface area (Å²) in [7, 11) is 0. The number of benzene rings is 2. The normalized spacial score (nSPS) is 15.1. The number of halogens is 1. The lowest BCUT2D eigenvalue weighted by Crippen LogP contribution is -2.48. The van der Waals surface area contributed by atoms with E-state index in [1.165, 1.54) is 28.0 Å². The molecule has 0 atom stereocenters. The number of hydrogen-bond donors (Lipinski definition) is 1. The summed E-state index contributed by atoms with van der Waals surface area (Å²) < 4.78 is 14.9. The average molecular weight is 413 g/mol. The van der Waals surface area contributed by atoms with E-state index in [1.807, 2.05) is 0 Å². The molecule has 7 heteroatoms. The zero-order valence-electron chi connectivity index (χ0n) is 16.7. The monoisotopic (exact) mass is 412 g/mol. The van der Waals surface area contributed by atoms with Crippen LogP contribution in [-0.2, 0) is 0 Å². The van der Waals surface area contributed by atoms with Gasteiger partial charge in [-0.2, -0.15) is 0 Å². The predicted octanol–water partition coefficient (Wildman–Crippen LogP) is 3.60. The van der Waals surface area contributed by atoms with Gasteiger partial charge in [-0.15, -0.1) is 0 Å². The topological polar surface area (TPSA) is 48.5 Å². The molecule has 0 unspecified atom stereocenters. The van der Waals surface area contributed by atoms with Crippen LogP contribution >= 0.6 is 11.3 Å². The third-order valence-electron chi connectivity index (χ3n) is 5.41. The smallest absolute Gasteiger partial charge is 0.254 e. The van der Waals surface area contributed by atoms with Crippen LogP contribution in [0.15, 0.2) is 36.4 Å². The number of amides is 1. The summed E-state index contributed by atoms with van der Waals surface area (Å²) >= 11 is 1.77. The molecular formula is C22H25FN4OS. The summed E-state index contributed by atoms with van der Waals surface area (Å²) in [5, 5.41) is 3.90. The van der Waals surface area contributed by atoms with E-state index in [0.29, 0.717) is 6.54 Å². The highest BCUT2D eigenvalue weighted by atomic mass is 32.1. The Hall–Kier alpha value is -2.51. The first kappa shape index (κ1) is 19.8. The number of carbonyl (C=O) groups is 1. The van der Waals surface area contributed by atoms with Crippen molar-refractivity contribution in [2.24, 2.45) is 0 Å². The van der Waals surface area contributed by atoms with Crippen LogP contribution in [0, 0.1) is 19.7 Å². The number of aryl methyl sites for hydroxylation is 2. The van der Waals surface area contributed by atoms with Gasteiger partial charge in [-0.05, 0) is 37.1 Å². The number of nitrogens with one attached hydrogen (secondary N) is 1. The summed E-state index contributed by atoms with van der Waals surface area (Å²) in [6.07, 6.45) is 0. The number of piperazine rings is 1. The van der Waals surface area contributed by atoms with Crippen LogP contribution in [-0.4, -0.2) is 55.1 Å². The number of rotatable bonds is 5. The number of aromatic nitrogens is 1. The van der Waals surface area contributed by atoms with Gasteiger partial charge in [0.15, 0.2) is 5.13 Å². The molecule has 0 radical (unpaired) electrons. The molecule has 1 N–H and O–H groups in total. The Bertz CT molecular complexity index is 988. The van der Waals surface area contributed by atoms with Gasteiger partial charge in [0.05, 0.1) is 15.8 Å². The van der Waals surface area contributed by atoms with Crippen molar-refractivity contribution in [3.05, 3.63) is 58.9 Å². The maximum Gasteiger partial charge on any atom is 0.254 e. The van der Waals surface area contributed by atoms with E-state index in [0.717, 1.165) is 43.4 Å². The standard InChI is InChI=1S/C22H25FN4OS/c1-15-7-8-16(2)20-19(15)25-22(29-20)27-13-11-26(12-14-27)10-9-24-21(28)17-5-3-4-6-18(17)23/h3-8H,9-14H2,1-2H3,(H,24,28). The number of thiazole rings is 1. The van der Waals surface area contributed by atoms with E-state index < -0.39 is 5.82 Å². The van der Waals surface area contributed by atoms with Crippen LogP contribution in [0.1, 0.15) is 21.5 Å². The first-order valence-corrected chi connectivity index (χ1v) is 10.7. The molecule has 1 fully saturated rings. The summed E-state index contributed by atoms with van der Waals surface area (Å²) in [5.41, 5.74) is 3.71. The van der Waals surface area contributed by atoms with Crippen LogP contribution in [0.4, 0.5) is 9.52 Å². The van der Waals surface area contributed by atoms with Crippen molar-refractivity contribution in [2.75, 3.05) is 44.2 Å². The number of carbonyl (C=O) groups excluding carboxylic acids is 1. The Labute approximate surface area is 174 Å². The highest BCUT2D eigenvalue weighted by molar-refractivity contribution is 7.22. The lowest BCUT2D eigenvalue weighted by atomic mass is 10.1. The van der Waals surface area contributed by atoms with Crippen molar-refractivity contribution in [1.29, 1.82) is 0 Å². The maximum absolute atomic E-state index is 13.7. The Kier molecular flexibility index (Phi) is 5.78. The summed E-state index contributed by atoms with van der Waals surface area (Å²) in [5.74, 6) is -0.845. The minimum atomic E-state index is -0.486. The zero-order valence-corrected chi connectivity index (χ0v) is 17.6. The first-order valence-electron chi connectivity index (χ1n) is 9.89. The molecule has 0 spiro atoms. The van der Waals surface area contributed by atoms with E-state index in [1.54, 1.807) is 23.5 Å². The molecule has 29 heavy (non-hydrogen) atoms. The molecule has 0 aliphatic carbocycles. The van der Waals surface area contributed by atoms with Gasteiger partial charge in [-0.25, -0.2) is 9.37 Å². The van der Waals surface area contributed by atoms with Crippen LogP contribution in [0.25, 0.3) is 10.2 Å². The molecule has 5 nitrogen and oxygen atoms in total. The zero-order chi connectivity index (χ0) is 20.4. The van der Waals surface area contributed by atoms with E-state index in [-0.39, 0.29) is 11.5 Å². The van der Waals surface area contributed by atoms with E-state index >= 15 is 0 Å². The van der Waals surface area contributed by atoms with Gasteiger partial charge in [0.1, 0.15) is 5.82 Å². The predicted molar refractivity (Wildman–Crippen MR) is 116 cm³/mol. The van der Waals surface area contributed by atoms with Gasteiger partial charge >= 0.3 is 0 Å². The van der Waals surface area contributed by atoms with Crippen molar-refractivity contribution >= 4 is 32.6 Å². The molecule has 3 aromatic rings. The minimum Gasteiger partial charge on any atom is -0.351 e. The molecule has 1 aliphatic rings. The highest BCUT2D eigenvalue weighted by Gasteiger charge is 2.21. The lowest BCUT2D eigenvalue weighted by Gasteiger charge is -2.34. The number of hydrogen-bond acceptors (Lipinski definition) is 5. The Morgan fingerprint density at radius 1 is 1.10 bits per heavy atom. The SMILES string of the molecule is Cc1ccc(C)c2sc(N3CCN(CCNC(=O)c4ccccc4F)CC3)nc12. The van der Waals surface area contributed by atoms with E-state index in [4.69, 9.17) is 4.98 Å². The molecule has 1 aliphatic heterocycles. The molecule has 0 saturated carbocycles. The average Bonchev–Trinajstić information content (AvgIpc) is 3.18. The van der Waals surface area contributed by atoms with Gasteiger partial charge < -0.3 is 10.2 Å². The van der Waals surface area contributed by atoms with Crippen LogP contribution in [0.2, 0.25) is 0 Å². The Balaban J connectivity index is 1.29. The highest BCUT2D eigenvalue weighted by Crippen LogP contribution is 2.33. The lowest BCUT2D eigenvalue weighted by molar-refractivity contribution is 0.0943. The van der Waals surface area contributed by atoms with Crippen LogP contribution in [0.3, 0.4) is 0 Å². The van der Waals surface area contributed by atoms with Crippen molar-refractivity contribution in [3.63, 3.8) is 0 Å². The molecule has 0 bridgehead atoms. The largest absolute Gasteiger partial charge is 0.351 e. The summed E-state index contributed by atoms with van der Waals surface area (Å²) in [6, 6.07) is 10.4. The molecule has 2 aromatic carbocycles. The van der Waals surface area contributed by atoms with E-state index in [2.05, 4.69) is 41.1 Å². The fourth-order valence-electron chi connectivity index (χ4n) is 3.61. The van der Waals surface area contributed by atoms with Crippen molar-refractivity contribution < 1.29 is 9.18 Å². The third kappa shape index (κ3) is 4.26. The van der Waals surface area contributed by atoms with Gasteiger partial charge in [-0.3, -0.25) is 9.69 Å². The number of anilines is 1. The second kappa shape index (κ2) is 8.47. The maximum atomic E-state index is 13.7. The second-order valence-corrected chi connectivity index (χ2v) is 8.42. The third-order valence-corrected chi connectivity index (χ3v) is 6.66. The summed E-state index contributed by atoms with van der Waals surface area (Å²) in [6.45, 7) is 9.18. The van der Waals surface area contributed by atoms with Gasteiger partial charge in [0, 0.05) is 39.3 Å². The van der Waals surface area contributed by atoms with Gasteiger partial charge in [0.25, 0.3) is 5.91 Å². The quantitative estimate of drug-likeness (QED) is 0.696.